The third kappa shape index (κ3) is 4.67. The molecule has 1 heterocycles. The standard InChI is InChI=1S/C20H18N4O2/c1-2-14-21-19-13-12-18(23-24-19)20(25)22-15-8-10-17(11-9-15)26-16-6-4-3-5-7-16/h2-13H,1,14H2,(H,21,24)(H,22,25). The zero-order valence-corrected chi connectivity index (χ0v) is 14.1. The van der Waals surface area contributed by atoms with Gasteiger partial charge in [0.05, 0.1) is 0 Å². The van der Waals surface area contributed by atoms with Crippen molar-refractivity contribution in [1.29, 1.82) is 0 Å². The number of carbonyl (C=O) groups is 1. The minimum atomic E-state index is -0.329. The van der Waals surface area contributed by atoms with Crippen molar-refractivity contribution in [1.82, 2.24) is 10.2 Å². The van der Waals surface area contributed by atoms with Crippen LogP contribution < -0.4 is 15.4 Å². The Morgan fingerprint density at radius 1 is 0.962 bits per heavy atom. The first kappa shape index (κ1) is 17.2. The van der Waals surface area contributed by atoms with E-state index in [1.54, 1.807) is 42.5 Å². The molecule has 0 fully saturated rings. The Balaban J connectivity index is 1.59. The molecule has 2 aromatic carbocycles. The van der Waals surface area contributed by atoms with Gasteiger partial charge in [0.25, 0.3) is 5.91 Å². The quantitative estimate of drug-likeness (QED) is 0.629. The Hall–Kier alpha value is -3.67. The molecule has 0 saturated heterocycles. The molecule has 3 rings (SSSR count). The molecule has 0 saturated carbocycles. The highest BCUT2D eigenvalue weighted by atomic mass is 16.5. The molecular weight excluding hydrogens is 328 g/mol. The van der Waals surface area contributed by atoms with Gasteiger partial charge in [0.1, 0.15) is 17.3 Å². The first-order valence-corrected chi connectivity index (χ1v) is 8.07. The normalized spacial score (nSPS) is 10.0. The predicted octanol–water partition coefficient (Wildman–Crippen LogP) is 4.12. The van der Waals surface area contributed by atoms with Crippen LogP contribution in [-0.2, 0) is 0 Å². The van der Waals surface area contributed by atoms with Gasteiger partial charge in [-0.3, -0.25) is 4.79 Å². The highest BCUT2D eigenvalue weighted by Gasteiger charge is 2.09. The van der Waals surface area contributed by atoms with Crippen LogP contribution in [0.3, 0.4) is 0 Å². The van der Waals surface area contributed by atoms with Crippen molar-refractivity contribution in [2.45, 2.75) is 0 Å². The molecule has 1 aromatic heterocycles. The average Bonchev–Trinajstić information content (AvgIpc) is 2.69. The van der Waals surface area contributed by atoms with Crippen LogP contribution in [0.15, 0.2) is 79.4 Å². The third-order valence-electron chi connectivity index (χ3n) is 3.42. The summed E-state index contributed by atoms with van der Waals surface area (Å²) in [6.45, 7) is 4.20. The minimum Gasteiger partial charge on any atom is -0.457 e. The fourth-order valence-electron chi connectivity index (χ4n) is 2.15. The number of nitrogens with one attached hydrogen (secondary N) is 2. The van der Waals surface area contributed by atoms with Crippen LogP contribution in [0.2, 0.25) is 0 Å². The highest BCUT2D eigenvalue weighted by molar-refractivity contribution is 6.02. The summed E-state index contributed by atoms with van der Waals surface area (Å²) in [4.78, 5) is 12.2. The predicted molar refractivity (Wildman–Crippen MR) is 102 cm³/mol. The number of hydrogen-bond acceptors (Lipinski definition) is 5. The van der Waals surface area contributed by atoms with Gasteiger partial charge in [-0.15, -0.1) is 16.8 Å². The second-order valence-corrected chi connectivity index (χ2v) is 5.37. The smallest absolute Gasteiger partial charge is 0.276 e. The van der Waals surface area contributed by atoms with E-state index < -0.39 is 0 Å². The molecular formula is C20H18N4O2. The van der Waals surface area contributed by atoms with Crippen LogP contribution in [0, 0.1) is 0 Å². The van der Waals surface area contributed by atoms with Crippen LogP contribution in [0.1, 0.15) is 10.5 Å². The number of hydrogen-bond donors (Lipinski definition) is 2. The number of aromatic nitrogens is 2. The lowest BCUT2D eigenvalue weighted by molar-refractivity contribution is 0.102. The van der Waals surface area contributed by atoms with E-state index in [0.29, 0.717) is 23.8 Å². The van der Waals surface area contributed by atoms with Crippen molar-refractivity contribution < 1.29 is 9.53 Å². The van der Waals surface area contributed by atoms with E-state index in [1.165, 1.54) is 0 Å². The second-order valence-electron chi connectivity index (χ2n) is 5.37. The van der Waals surface area contributed by atoms with E-state index >= 15 is 0 Å². The van der Waals surface area contributed by atoms with E-state index in [9.17, 15) is 4.79 Å². The Morgan fingerprint density at radius 2 is 1.69 bits per heavy atom. The van der Waals surface area contributed by atoms with Gasteiger partial charge in [-0.1, -0.05) is 24.3 Å². The summed E-state index contributed by atoms with van der Waals surface area (Å²) < 4.78 is 5.72. The summed E-state index contributed by atoms with van der Waals surface area (Å²) in [6.07, 6.45) is 1.72. The van der Waals surface area contributed by atoms with E-state index in [1.807, 2.05) is 30.3 Å². The van der Waals surface area contributed by atoms with Crippen molar-refractivity contribution in [3.8, 4) is 11.5 Å². The van der Waals surface area contributed by atoms with Gasteiger partial charge in [0, 0.05) is 12.2 Å². The van der Waals surface area contributed by atoms with Gasteiger partial charge in [-0.05, 0) is 48.5 Å². The highest BCUT2D eigenvalue weighted by Crippen LogP contribution is 2.22. The van der Waals surface area contributed by atoms with E-state index in [0.717, 1.165) is 5.75 Å². The summed E-state index contributed by atoms with van der Waals surface area (Å²) in [5.74, 6) is 1.70. The van der Waals surface area contributed by atoms with Crippen molar-refractivity contribution >= 4 is 17.4 Å². The maximum atomic E-state index is 12.2. The van der Waals surface area contributed by atoms with Crippen LogP contribution in [0.5, 0.6) is 11.5 Å². The molecule has 3 aromatic rings. The zero-order valence-electron chi connectivity index (χ0n) is 14.1. The first-order chi connectivity index (χ1) is 12.7. The molecule has 6 nitrogen and oxygen atoms in total. The molecule has 0 aliphatic carbocycles. The van der Waals surface area contributed by atoms with Gasteiger partial charge >= 0.3 is 0 Å². The lowest BCUT2D eigenvalue weighted by atomic mass is 10.2. The Kier molecular flexibility index (Phi) is 5.57. The average molecular weight is 346 g/mol. The molecule has 0 aliphatic heterocycles. The number of ether oxygens (including phenoxy) is 1. The van der Waals surface area contributed by atoms with Gasteiger partial charge in [-0.2, -0.15) is 0 Å². The zero-order chi connectivity index (χ0) is 18.2. The molecule has 0 unspecified atom stereocenters. The largest absolute Gasteiger partial charge is 0.457 e. The van der Waals surface area contributed by atoms with E-state index in [4.69, 9.17) is 4.74 Å². The van der Waals surface area contributed by atoms with Gasteiger partial charge in [0.2, 0.25) is 0 Å². The number of anilines is 2. The van der Waals surface area contributed by atoms with Crippen LogP contribution >= 0.6 is 0 Å². The van der Waals surface area contributed by atoms with Crippen LogP contribution in [0.4, 0.5) is 11.5 Å². The maximum Gasteiger partial charge on any atom is 0.276 e. The Labute approximate surface area is 151 Å². The number of rotatable bonds is 7. The van der Waals surface area contributed by atoms with Crippen molar-refractivity contribution in [2.24, 2.45) is 0 Å². The van der Waals surface area contributed by atoms with Crippen molar-refractivity contribution in [3.05, 3.63) is 85.1 Å². The van der Waals surface area contributed by atoms with Crippen LogP contribution in [0.25, 0.3) is 0 Å². The number of benzene rings is 2. The van der Waals surface area contributed by atoms with E-state index in [2.05, 4.69) is 27.4 Å². The van der Waals surface area contributed by atoms with Crippen molar-refractivity contribution in [3.63, 3.8) is 0 Å². The number of para-hydroxylation sites is 1. The Morgan fingerprint density at radius 3 is 2.35 bits per heavy atom. The molecule has 6 heteroatoms. The van der Waals surface area contributed by atoms with Crippen LogP contribution in [-0.4, -0.2) is 22.6 Å². The first-order valence-electron chi connectivity index (χ1n) is 8.07. The lowest BCUT2D eigenvalue weighted by Crippen LogP contribution is -2.14. The molecule has 0 aliphatic rings. The van der Waals surface area contributed by atoms with Gasteiger partial charge in [0.15, 0.2) is 5.69 Å². The maximum absolute atomic E-state index is 12.2. The summed E-state index contributed by atoms with van der Waals surface area (Å²) in [7, 11) is 0. The molecule has 26 heavy (non-hydrogen) atoms. The van der Waals surface area contributed by atoms with E-state index in [-0.39, 0.29) is 11.6 Å². The molecule has 0 spiro atoms. The fourth-order valence-corrected chi connectivity index (χ4v) is 2.15. The second kappa shape index (κ2) is 8.43. The monoisotopic (exact) mass is 346 g/mol. The lowest BCUT2D eigenvalue weighted by Gasteiger charge is -2.08. The molecule has 0 radical (unpaired) electrons. The molecule has 130 valence electrons. The number of nitrogens with zero attached hydrogens (tertiary/aromatic N) is 2. The van der Waals surface area contributed by atoms with Gasteiger partial charge < -0.3 is 15.4 Å². The third-order valence-corrected chi connectivity index (χ3v) is 3.42. The molecule has 0 atom stereocenters. The molecule has 2 N–H and O–H groups in total. The number of amides is 1. The SMILES string of the molecule is C=CCNc1ccc(C(=O)Nc2ccc(Oc3ccccc3)cc2)nn1. The topological polar surface area (TPSA) is 76.1 Å². The van der Waals surface area contributed by atoms with Gasteiger partial charge in [-0.25, -0.2) is 0 Å². The fraction of sp³-hybridized carbons (Fsp3) is 0.0500. The summed E-state index contributed by atoms with van der Waals surface area (Å²) in [5.41, 5.74) is 0.879. The number of carbonyl (C=O) groups excluding carboxylic acids is 1. The summed E-state index contributed by atoms with van der Waals surface area (Å²) in [5, 5.41) is 13.6. The Bertz CT molecular complexity index is 863. The molecule has 0 bridgehead atoms. The molecule has 1 amide bonds. The minimum absolute atomic E-state index is 0.235. The van der Waals surface area contributed by atoms with Crippen molar-refractivity contribution in [2.75, 3.05) is 17.2 Å². The summed E-state index contributed by atoms with van der Waals surface area (Å²) >= 11 is 0. The summed E-state index contributed by atoms with van der Waals surface area (Å²) in [6, 6.07) is 19.9.